The zero-order chi connectivity index (χ0) is 12.3. The van der Waals surface area contributed by atoms with E-state index in [1.54, 1.807) is 18.2 Å². The largest absolute Gasteiger partial charge is 0.399 e. The molecule has 2 rings (SSSR count). The summed E-state index contributed by atoms with van der Waals surface area (Å²) in [6, 6.07) is 5.23. The number of halogens is 1. The molecular formula is C12H15ClN2OS. The van der Waals surface area contributed by atoms with Crippen LogP contribution in [0.1, 0.15) is 23.2 Å². The lowest BCUT2D eigenvalue weighted by molar-refractivity contribution is 0.0935. The van der Waals surface area contributed by atoms with Gasteiger partial charge in [-0.3, -0.25) is 4.79 Å². The minimum absolute atomic E-state index is 0.126. The molecule has 1 aromatic carbocycles. The number of anilines is 1. The molecule has 1 aliphatic heterocycles. The fourth-order valence-corrected chi connectivity index (χ4v) is 3.13. The van der Waals surface area contributed by atoms with E-state index in [1.165, 1.54) is 0 Å². The summed E-state index contributed by atoms with van der Waals surface area (Å²) in [5.74, 6) is 2.09. The summed E-state index contributed by atoms with van der Waals surface area (Å²) < 4.78 is 0. The molecule has 17 heavy (non-hydrogen) atoms. The lowest BCUT2D eigenvalue weighted by Crippen LogP contribution is -2.37. The number of amides is 1. The van der Waals surface area contributed by atoms with Crippen LogP contribution in [0.5, 0.6) is 0 Å². The van der Waals surface area contributed by atoms with Crippen molar-refractivity contribution in [3.8, 4) is 0 Å². The Balaban J connectivity index is 2.05. The summed E-state index contributed by atoms with van der Waals surface area (Å²) in [5, 5.41) is 3.46. The topological polar surface area (TPSA) is 55.1 Å². The molecule has 1 heterocycles. The standard InChI is InChI=1S/C12H15ClN2OS/c13-11-2-1-8(14)7-10(11)12(16)15-9-3-5-17-6-4-9/h1-2,7,9H,3-6,14H2,(H,15,16). The van der Waals surface area contributed by atoms with E-state index in [4.69, 9.17) is 17.3 Å². The molecular weight excluding hydrogens is 256 g/mol. The Kier molecular flexibility index (Phi) is 4.18. The highest BCUT2D eigenvalue weighted by molar-refractivity contribution is 7.99. The van der Waals surface area contributed by atoms with Crippen LogP contribution in [0, 0.1) is 0 Å². The predicted molar refractivity (Wildman–Crippen MR) is 73.7 cm³/mol. The van der Waals surface area contributed by atoms with Crippen LogP contribution in [0.15, 0.2) is 18.2 Å². The average Bonchev–Trinajstić information content (AvgIpc) is 2.33. The van der Waals surface area contributed by atoms with Crippen molar-refractivity contribution >= 4 is 35.0 Å². The third-order valence-electron chi connectivity index (χ3n) is 2.79. The predicted octanol–water partition coefficient (Wildman–Crippen LogP) is 2.55. The molecule has 5 heteroatoms. The molecule has 3 nitrogen and oxygen atoms in total. The quantitative estimate of drug-likeness (QED) is 0.812. The van der Waals surface area contributed by atoms with Crippen molar-refractivity contribution in [3.63, 3.8) is 0 Å². The van der Waals surface area contributed by atoms with E-state index in [1.807, 2.05) is 11.8 Å². The lowest BCUT2D eigenvalue weighted by atomic mass is 10.1. The van der Waals surface area contributed by atoms with Gasteiger partial charge in [0, 0.05) is 11.7 Å². The monoisotopic (exact) mass is 270 g/mol. The molecule has 0 aliphatic carbocycles. The summed E-state index contributed by atoms with van der Waals surface area (Å²) in [5.41, 5.74) is 6.67. The molecule has 0 aromatic heterocycles. The summed E-state index contributed by atoms with van der Waals surface area (Å²) >= 11 is 7.92. The molecule has 0 atom stereocenters. The Morgan fingerprint density at radius 3 is 2.82 bits per heavy atom. The van der Waals surface area contributed by atoms with E-state index in [0.717, 1.165) is 24.3 Å². The Morgan fingerprint density at radius 2 is 2.12 bits per heavy atom. The molecule has 1 aromatic rings. The number of benzene rings is 1. The van der Waals surface area contributed by atoms with Gasteiger partial charge in [0.1, 0.15) is 0 Å². The van der Waals surface area contributed by atoms with Gasteiger partial charge in [0.25, 0.3) is 5.91 Å². The van der Waals surface area contributed by atoms with Crippen molar-refractivity contribution in [1.82, 2.24) is 5.32 Å². The second-order valence-corrected chi connectivity index (χ2v) is 5.73. The highest BCUT2D eigenvalue weighted by Crippen LogP contribution is 2.21. The first-order valence-corrected chi connectivity index (χ1v) is 7.14. The van der Waals surface area contributed by atoms with Gasteiger partial charge in [0.2, 0.25) is 0 Å². The molecule has 3 N–H and O–H groups in total. The van der Waals surface area contributed by atoms with Crippen molar-refractivity contribution in [1.29, 1.82) is 0 Å². The van der Waals surface area contributed by atoms with Gasteiger partial charge in [-0.2, -0.15) is 11.8 Å². The minimum atomic E-state index is -0.126. The van der Waals surface area contributed by atoms with Crippen molar-refractivity contribution < 1.29 is 4.79 Å². The van der Waals surface area contributed by atoms with Crippen LogP contribution in [0.25, 0.3) is 0 Å². The van der Waals surface area contributed by atoms with Gasteiger partial charge in [0.15, 0.2) is 0 Å². The van der Waals surface area contributed by atoms with Crippen molar-refractivity contribution in [3.05, 3.63) is 28.8 Å². The van der Waals surface area contributed by atoms with Crippen LogP contribution in [0.4, 0.5) is 5.69 Å². The van der Waals surface area contributed by atoms with Crippen LogP contribution in [-0.2, 0) is 0 Å². The average molecular weight is 271 g/mol. The van der Waals surface area contributed by atoms with Gasteiger partial charge in [-0.05, 0) is 42.5 Å². The van der Waals surface area contributed by atoms with Crippen molar-refractivity contribution in [2.45, 2.75) is 18.9 Å². The van der Waals surface area contributed by atoms with Gasteiger partial charge >= 0.3 is 0 Å². The first-order chi connectivity index (χ1) is 8.16. The van der Waals surface area contributed by atoms with Crippen LogP contribution in [-0.4, -0.2) is 23.5 Å². The number of nitrogens with one attached hydrogen (secondary N) is 1. The van der Waals surface area contributed by atoms with Crippen molar-refractivity contribution in [2.75, 3.05) is 17.2 Å². The Hall–Kier alpha value is -0.870. The van der Waals surface area contributed by atoms with E-state index in [9.17, 15) is 4.79 Å². The second kappa shape index (κ2) is 5.65. The van der Waals surface area contributed by atoms with Crippen LogP contribution < -0.4 is 11.1 Å². The van der Waals surface area contributed by atoms with E-state index >= 15 is 0 Å². The van der Waals surface area contributed by atoms with Crippen LogP contribution in [0.2, 0.25) is 5.02 Å². The highest BCUT2D eigenvalue weighted by Gasteiger charge is 2.18. The molecule has 0 saturated carbocycles. The number of nitrogen functional groups attached to an aromatic ring is 1. The molecule has 0 unspecified atom stereocenters. The molecule has 0 spiro atoms. The number of carbonyl (C=O) groups excluding carboxylic acids is 1. The first kappa shape index (κ1) is 12.6. The number of nitrogens with two attached hydrogens (primary N) is 1. The molecule has 0 radical (unpaired) electrons. The number of hydrogen-bond donors (Lipinski definition) is 2. The van der Waals surface area contributed by atoms with E-state index in [0.29, 0.717) is 16.3 Å². The maximum Gasteiger partial charge on any atom is 0.253 e. The Labute approximate surface area is 110 Å². The Morgan fingerprint density at radius 1 is 1.41 bits per heavy atom. The molecule has 1 fully saturated rings. The fraction of sp³-hybridized carbons (Fsp3) is 0.417. The maximum absolute atomic E-state index is 12.0. The van der Waals surface area contributed by atoms with E-state index in [-0.39, 0.29) is 11.9 Å². The first-order valence-electron chi connectivity index (χ1n) is 5.60. The molecule has 0 bridgehead atoms. The highest BCUT2D eigenvalue weighted by atomic mass is 35.5. The van der Waals surface area contributed by atoms with E-state index < -0.39 is 0 Å². The fourth-order valence-electron chi connectivity index (χ4n) is 1.82. The van der Waals surface area contributed by atoms with Crippen LogP contribution >= 0.6 is 23.4 Å². The number of thioether (sulfide) groups is 1. The third kappa shape index (κ3) is 3.30. The summed E-state index contributed by atoms with van der Waals surface area (Å²) in [6.07, 6.45) is 2.05. The van der Waals surface area contributed by atoms with E-state index in [2.05, 4.69) is 5.32 Å². The van der Waals surface area contributed by atoms with Gasteiger partial charge in [-0.15, -0.1) is 0 Å². The summed E-state index contributed by atoms with van der Waals surface area (Å²) in [4.78, 5) is 12.0. The second-order valence-electron chi connectivity index (χ2n) is 4.10. The summed E-state index contributed by atoms with van der Waals surface area (Å²) in [6.45, 7) is 0. The van der Waals surface area contributed by atoms with Crippen molar-refractivity contribution in [2.24, 2.45) is 0 Å². The maximum atomic E-state index is 12.0. The molecule has 1 amide bonds. The lowest BCUT2D eigenvalue weighted by Gasteiger charge is -2.22. The molecule has 1 saturated heterocycles. The number of carbonyl (C=O) groups is 1. The minimum Gasteiger partial charge on any atom is -0.399 e. The van der Waals surface area contributed by atoms with Gasteiger partial charge in [-0.25, -0.2) is 0 Å². The van der Waals surface area contributed by atoms with Gasteiger partial charge in [0.05, 0.1) is 10.6 Å². The normalized spacial score (nSPS) is 16.8. The Bertz CT molecular complexity index is 419. The SMILES string of the molecule is Nc1ccc(Cl)c(C(=O)NC2CCSCC2)c1. The zero-order valence-corrected chi connectivity index (χ0v) is 11.0. The third-order valence-corrected chi connectivity index (χ3v) is 4.17. The molecule has 92 valence electrons. The molecule has 1 aliphatic rings. The number of hydrogen-bond acceptors (Lipinski definition) is 3. The zero-order valence-electron chi connectivity index (χ0n) is 9.41. The number of rotatable bonds is 2. The smallest absolute Gasteiger partial charge is 0.253 e. The van der Waals surface area contributed by atoms with Gasteiger partial charge in [-0.1, -0.05) is 11.6 Å². The van der Waals surface area contributed by atoms with Crippen LogP contribution in [0.3, 0.4) is 0 Å². The van der Waals surface area contributed by atoms with Gasteiger partial charge < -0.3 is 11.1 Å². The summed E-state index contributed by atoms with van der Waals surface area (Å²) in [7, 11) is 0.